The van der Waals surface area contributed by atoms with Gasteiger partial charge in [-0.2, -0.15) is 5.10 Å². The van der Waals surface area contributed by atoms with E-state index in [0.29, 0.717) is 12.0 Å². The van der Waals surface area contributed by atoms with Crippen molar-refractivity contribution in [3.8, 4) is 0 Å². The molecule has 0 aromatic carbocycles. The lowest BCUT2D eigenvalue weighted by Gasteiger charge is -2.32. The van der Waals surface area contributed by atoms with Gasteiger partial charge in [0.15, 0.2) is 0 Å². The molecule has 1 aliphatic heterocycles. The number of aromatic nitrogens is 3. The number of nitrogens with one attached hydrogen (secondary N) is 1. The molecule has 1 aromatic heterocycles. The van der Waals surface area contributed by atoms with Gasteiger partial charge in [-0.3, -0.25) is 4.90 Å². The van der Waals surface area contributed by atoms with Crippen LogP contribution >= 0.6 is 12.4 Å². The summed E-state index contributed by atoms with van der Waals surface area (Å²) in [5.74, 6) is 1.71. The molecule has 0 spiro atoms. The highest BCUT2D eigenvalue weighted by Crippen LogP contribution is 2.13. The van der Waals surface area contributed by atoms with Gasteiger partial charge in [-0.15, -0.1) is 12.4 Å². The van der Waals surface area contributed by atoms with Gasteiger partial charge in [0.1, 0.15) is 12.2 Å². The molecule has 5 nitrogen and oxygen atoms in total. The molecule has 1 unspecified atom stereocenters. The highest BCUT2D eigenvalue weighted by atomic mass is 35.5. The average molecular weight is 288 g/mol. The second-order valence-corrected chi connectivity index (χ2v) is 5.62. The number of likely N-dealkylation sites (tertiary alicyclic amines) is 1. The Bertz CT molecular complexity index is 366. The molecule has 1 atom stereocenters. The zero-order chi connectivity index (χ0) is 13.0. The molecule has 2 heterocycles. The van der Waals surface area contributed by atoms with Crippen LogP contribution in [0.3, 0.4) is 0 Å². The Labute approximate surface area is 122 Å². The van der Waals surface area contributed by atoms with Crippen molar-refractivity contribution in [1.82, 2.24) is 25.0 Å². The van der Waals surface area contributed by atoms with Crippen molar-refractivity contribution in [3.63, 3.8) is 0 Å². The van der Waals surface area contributed by atoms with E-state index in [1.165, 1.54) is 19.4 Å². The standard InChI is InChI=1S/C13H25N5.ClH/c1-11(2)7-18-13(15-10-16-18)9-17-6-4-5-12(8-17)14-3;/h10-12,14H,4-9H2,1-3H3;1H. The first-order valence-corrected chi connectivity index (χ1v) is 6.95. The van der Waals surface area contributed by atoms with Gasteiger partial charge >= 0.3 is 0 Å². The first-order valence-electron chi connectivity index (χ1n) is 6.95. The Balaban J connectivity index is 0.00000180. The van der Waals surface area contributed by atoms with Crippen LogP contribution in [0.25, 0.3) is 0 Å². The van der Waals surface area contributed by atoms with E-state index in [2.05, 4.69) is 41.2 Å². The van der Waals surface area contributed by atoms with Crippen LogP contribution in [-0.4, -0.2) is 45.8 Å². The number of nitrogens with zero attached hydrogens (tertiary/aromatic N) is 4. The van der Waals surface area contributed by atoms with Crippen LogP contribution < -0.4 is 5.32 Å². The van der Waals surface area contributed by atoms with Gasteiger partial charge in [-0.25, -0.2) is 9.67 Å². The van der Waals surface area contributed by atoms with Crippen molar-refractivity contribution in [2.24, 2.45) is 5.92 Å². The fourth-order valence-corrected chi connectivity index (χ4v) is 2.54. The average Bonchev–Trinajstić information content (AvgIpc) is 2.76. The minimum absolute atomic E-state index is 0. The Morgan fingerprint density at radius 2 is 2.26 bits per heavy atom. The number of hydrogen-bond donors (Lipinski definition) is 1. The Hall–Kier alpha value is -0.650. The lowest BCUT2D eigenvalue weighted by Crippen LogP contribution is -2.44. The molecule has 1 fully saturated rings. The summed E-state index contributed by atoms with van der Waals surface area (Å²) in [6, 6.07) is 0.625. The van der Waals surface area contributed by atoms with Crippen molar-refractivity contribution in [1.29, 1.82) is 0 Å². The van der Waals surface area contributed by atoms with Crippen molar-refractivity contribution in [3.05, 3.63) is 12.2 Å². The summed E-state index contributed by atoms with van der Waals surface area (Å²) in [4.78, 5) is 6.88. The summed E-state index contributed by atoms with van der Waals surface area (Å²) in [7, 11) is 2.05. The lowest BCUT2D eigenvalue weighted by molar-refractivity contribution is 0.180. The van der Waals surface area contributed by atoms with Gasteiger partial charge in [0.2, 0.25) is 0 Å². The topological polar surface area (TPSA) is 46.0 Å². The number of rotatable bonds is 5. The summed E-state index contributed by atoms with van der Waals surface area (Å²) < 4.78 is 2.05. The lowest BCUT2D eigenvalue weighted by atomic mass is 10.1. The zero-order valence-electron chi connectivity index (χ0n) is 12.2. The van der Waals surface area contributed by atoms with Crippen molar-refractivity contribution >= 4 is 12.4 Å². The maximum atomic E-state index is 4.40. The van der Waals surface area contributed by atoms with E-state index in [9.17, 15) is 0 Å². The first kappa shape index (κ1) is 16.4. The number of likely N-dealkylation sites (N-methyl/N-ethyl adjacent to an activating group) is 1. The Kier molecular flexibility index (Phi) is 6.75. The third-order valence-corrected chi connectivity index (χ3v) is 3.51. The molecular weight excluding hydrogens is 262 g/mol. The maximum Gasteiger partial charge on any atom is 0.141 e. The number of halogens is 1. The van der Waals surface area contributed by atoms with Crippen LogP contribution in [0, 0.1) is 5.92 Å². The molecule has 0 amide bonds. The molecule has 2 rings (SSSR count). The minimum atomic E-state index is 0. The fraction of sp³-hybridized carbons (Fsp3) is 0.846. The van der Waals surface area contributed by atoms with Gasteiger partial charge in [0.05, 0.1) is 6.54 Å². The quantitative estimate of drug-likeness (QED) is 0.892. The molecule has 0 bridgehead atoms. The fourth-order valence-electron chi connectivity index (χ4n) is 2.54. The first-order chi connectivity index (χ1) is 8.69. The molecule has 110 valence electrons. The van der Waals surface area contributed by atoms with Gasteiger partial charge in [0, 0.05) is 19.1 Å². The monoisotopic (exact) mass is 287 g/mol. The summed E-state index contributed by atoms with van der Waals surface area (Å²) in [6.45, 7) is 8.59. The zero-order valence-corrected chi connectivity index (χ0v) is 13.0. The number of piperidine rings is 1. The van der Waals surface area contributed by atoms with Gasteiger partial charge in [-0.05, 0) is 32.4 Å². The predicted octanol–water partition coefficient (Wildman–Crippen LogP) is 1.54. The van der Waals surface area contributed by atoms with Gasteiger partial charge in [0.25, 0.3) is 0 Å². The Morgan fingerprint density at radius 3 is 2.95 bits per heavy atom. The molecule has 1 aromatic rings. The second-order valence-electron chi connectivity index (χ2n) is 5.62. The minimum Gasteiger partial charge on any atom is -0.316 e. The van der Waals surface area contributed by atoms with E-state index in [-0.39, 0.29) is 12.4 Å². The van der Waals surface area contributed by atoms with E-state index in [1.807, 2.05) is 4.68 Å². The maximum absolute atomic E-state index is 4.40. The Morgan fingerprint density at radius 1 is 1.47 bits per heavy atom. The van der Waals surface area contributed by atoms with Crippen LogP contribution in [-0.2, 0) is 13.1 Å². The normalized spacial score (nSPS) is 20.5. The molecule has 1 saturated heterocycles. The largest absolute Gasteiger partial charge is 0.316 e. The van der Waals surface area contributed by atoms with Crippen LogP contribution in [0.4, 0.5) is 0 Å². The third-order valence-electron chi connectivity index (χ3n) is 3.51. The molecule has 6 heteroatoms. The molecule has 0 radical (unpaired) electrons. The number of hydrogen-bond acceptors (Lipinski definition) is 4. The molecule has 0 aliphatic carbocycles. The highest BCUT2D eigenvalue weighted by molar-refractivity contribution is 5.85. The van der Waals surface area contributed by atoms with Crippen molar-refractivity contribution < 1.29 is 0 Å². The molecule has 0 saturated carbocycles. The van der Waals surface area contributed by atoms with Crippen molar-refractivity contribution in [2.45, 2.75) is 45.8 Å². The van der Waals surface area contributed by atoms with Crippen LogP contribution in [0.2, 0.25) is 0 Å². The summed E-state index contributed by atoms with van der Waals surface area (Å²) in [5, 5.41) is 7.70. The van der Waals surface area contributed by atoms with E-state index < -0.39 is 0 Å². The molecule has 1 N–H and O–H groups in total. The third kappa shape index (κ3) is 4.75. The summed E-state index contributed by atoms with van der Waals surface area (Å²) in [6.07, 6.45) is 4.23. The predicted molar refractivity (Wildman–Crippen MR) is 79.5 cm³/mol. The molecule has 1 aliphatic rings. The van der Waals surface area contributed by atoms with E-state index in [4.69, 9.17) is 0 Å². The molecular formula is C13H26ClN5. The SMILES string of the molecule is CNC1CCCN(Cc2ncnn2CC(C)C)C1.Cl. The van der Waals surface area contributed by atoms with Gasteiger partial charge in [-0.1, -0.05) is 13.8 Å². The summed E-state index contributed by atoms with van der Waals surface area (Å²) in [5.41, 5.74) is 0. The van der Waals surface area contributed by atoms with E-state index in [0.717, 1.165) is 25.5 Å². The summed E-state index contributed by atoms with van der Waals surface area (Å²) >= 11 is 0. The second kappa shape index (κ2) is 7.82. The van der Waals surface area contributed by atoms with E-state index in [1.54, 1.807) is 6.33 Å². The van der Waals surface area contributed by atoms with Crippen LogP contribution in [0.15, 0.2) is 6.33 Å². The highest BCUT2D eigenvalue weighted by Gasteiger charge is 2.20. The van der Waals surface area contributed by atoms with Gasteiger partial charge < -0.3 is 5.32 Å². The van der Waals surface area contributed by atoms with E-state index >= 15 is 0 Å². The van der Waals surface area contributed by atoms with Crippen molar-refractivity contribution in [2.75, 3.05) is 20.1 Å². The van der Waals surface area contributed by atoms with Crippen LogP contribution in [0.5, 0.6) is 0 Å². The smallest absolute Gasteiger partial charge is 0.141 e. The molecule has 19 heavy (non-hydrogen) atoms. The van der Waals surface area contributed by atoms with Crippen LogP contribution in [0.1, 0.15) is 32.5 Å².